The van der Waals surface area contributed by atoms with Crippen LogP contribution in [0.4, 0.5) is 8.78 Å². The molecular formula is C12H11BrF2O3. The van der Waals surface area contributed by atoms with Crippen molar-refractivity contribution < 1.29 is 23.1 Å². The maximum Gasteiger partial charge on any atom is 0.306 e. The molecule has 0 N–H and O–H groups in total. The Morgan fingerprint density at radius 1 is 1.22 bits per heavy atom. The van der Waals surface area contributed by atoms with E-state index in [1.165, 1.54) is 0 Å². The first kappa shape index (κ1) is 14.8. The summed E-state index contributed by atoms with van der Waals surface area (Å²) in [6.07, 6.45) is -0.194. The fraction of sp³-hybridized carbons (Fsp3) is 0.333. The zero-order chi connectivity index (χ0) is 13.7. The van der Waals surface area contributed by atoms with Crippen LogP contribution in [-0.2, 0) is 9.53 Å². The third kappa shape index (κ3) is 3.87. The smallest absolute Gasteiger partial charge is 0.306 e. The number of Topliss-reactive ketones (excluding diaryl/α,β-unsaturated/α-hetero) is 1. The highest BCUT2D eigenvalue weighted by molar-refractivity contribution is 9.10. The minimum Gasteiger partial charge on any atom is -0.466 e. The largest absolute Gasteiger partial charge is 0.466 e. The number of rotatable bonds is 5. The molecule has 0 aliphatic rings. The third-order valence-corrected chi connectivity index (χ3v) is 2.83. The maximum atomic E-state index is 13.0. The Bertz CT molecular complexity index is 475. The van der Waals surface area contributed by atoms with Gasteiger partial charge in [0.05, 0.1) is 13.0 Å². The lowest BCUT2D eigenvalue weighted by Gasteiger charge is -2.05. The number of halogens is 3. The standard InChI is InChI=1S/C12H11BrF2O3/c1-2-18-12(17)4-3-11(16)7-5-9(14)10(15)6-8(7)13/h5-6H,2-4H2,1H3. The third-order valence-electron chi connectivity index (χ3n) is 2.17. The van der Waals surface area contributed by atoms with Crippen LogP contribution in [0.2, 0.25) is 0 Å². The summed E-state index contributed by atoms with van der Waals surface area (Å²) in [5.74, 6) is -3.08. The van der Waals surface area contributed by atoms with Gasteiger partial charge in [-0.25, -0.2) is 8.78 Å². The minimum atomic E-state index is -1.10. The van der Waals surface area contributed by atoms with Crippen molar-refractivity contribution in [1.29, 1.82) is 0 Å². The van der Waals surface area contributed by atoms with Gasteiger partial charge in [-0.05, 0) is 35.0 Å². The molecule has 0 saturated carbocycles. The van der Waals surface area contributed by atoms with Crippen LogP contribution < -0.4 is 0 Å². The second kappa shape index (κ2) is 6.58. The van der Waals surface area contributed by atoms with Gasteiger partial charge in [-0.15, -0.1) is 0 Å². The van der Waals surface area contributed by atoms with Crippen LogP contribution in [0.5, 0.6) is 0 Å². The number of carbonyl (C=O) groups excluding carboxylic acids is 2. The molecule has 0 atom stereocenters. The zero-order valence-electron chi connectivity index (χ0n) is 9.63. The van der Waals surface area contributed by atoms with E-state index in [0.717, 1.165) is 12.1 Å². The van der Waals surface area contributed by atoms with Crippen LogP contribution in [-0.4, -0.2) is 18.4 Å². The molecule has 0 spiro atoms. The second-order valence-corrected chi connectivity index (χ2v) is 4.33. The molecule has 0 aromatic heterocycles. The van der Waals surface area contributed by atoms with Crippen molar-refractivity contribution in [3.63, 3.8) is 0 Å². The van der Waals surface area contributed by atoms with Crippen molar-refractivity contribution in [2.24, 2.45) is 0 Å². The molecular weight excluding hydrogens is 310 g/mol. The molecule has 1 aromatic rings. The average molecular weight is 321 g/mol. The number of ether oxygens (including phenoxy) is 1. The van der Waals surface area contributed by atoms with E-state index in [-0.39, 0.29) is 29.5 Å². The van der Waals surface area contributed by atoms with E-state index >= 15 is 0 Å². The first-order valence-electron chi connectivity index (χ1n) is 5.29. The molecule has 0 amide bonds. The summed E-state index contributed by atoms with van der Waals surface area (Å²) in [5, 5.41) is 0. The van der Waals surface area contributed by atoms with Crippen molar-refractivity contribution in [3.8, 4) is 0 Å². The van der Waals surface area contributed by atoms with Gasteiger partial charge in [-0.1, -0.05) is 0 Å². The first-order valence-corrected chi connectivity index (χ1v) is 6.08. The van der Waals surface area contributed by atoms with E-state index in [0.29, 0.717) is 0 Å². The van der Waals surface area contributed by atoms with E-state index in [1.807, 2.05) is 0 Å². The maximum absolute atomic E-state index is 13.0. The van der Waals surface area contributed by atoms with Gasteiger partial charge in [-0.2, -0.15) is 0 Å². The molecule has 6 heteroatoms. The molecule has 18 heavy (non-hydrogen) atoms. The lowest BCUT2D eigenvalue weighted by molar-refractivity contribution is -0.143. The van der Waals surface area contributed by atoms with E-state index in [9.17, 15) is 18.4 Å². The quantitative estimate of drug-likeness (QED) is 0.475. The first-order chi connectivity index (χ1) is 8.45. The lowest BCUT2D eigenvalue weighted by atomic mass is 10.1. The molecule has 0 unspecified atom stereocenters. The van der Waals surface area contributed by atoms with Crippen LogP contribution >= 0.6 is 15.9 Å². The van der Waals surface area contributed by atoms with Gasteiger partial charge in [-0.3, -0.25) is 9.59 Å². The topological polar surface area (TPSA) is 43.4 Å². The van der Waals surface area contributed by atoms with Crippen molar-refractivity contribution in [1.82, 2.24) is 0 Å². The predicted octanol–water partition coefficient (Wildman–Crippen LogP) is 3.25. The van der Waals surface area contributed by atoms with Crippen LogP contribution in [0.15, 0.2) is 16.6 Å². The predicted molar refractivity (Wildman–Crippen MR) is 64.3 cm³/mol. The van der Waals surface area contributed by atoms with Crippen LogP contribution in [0.1, 0.15) is 30.1 Å². The molecule has 3 nitrogen and oxygen atoms in total. The SMILES string of the molecule is CCOC(=O)CCC(=O)c1cc(F)c(F)cc1Br. The molecule has 0 bridgehead atoms. The molecule has 0 aliphatic heterocycles. The van der Waals surface area contributed by atoms with E-state index < -0.39 is 23.4 Å². The summed E-state index contributed by atoms with van der Waals surface area (Å²) in [4.78, 5) is 22.8. The number of ketones is 1. The van der Waals surface area contributed by atoms with Crippen molar-refractivity contribution in [2.75, 3.05) is 6.61 Å². The number of esters is 1. The van der Waals surface area contributed by atoms with E-state index in [4.69, 9.17) is 0 Å². The van der Waals surface area contributed by atoms with Gasteiger partial charge in [0.15, 0.2) is 17.4 Å². The van der Waals surface area contributed by atoms with Crippen molar-refractivity contribution in [2.45, 2.75) is 19.8 Å². The minimum absolute atomic E-state index is 0.0122. The van der Waals surface area contributed by atoms with Gasteiger partial charge in [0.25, 0.3) is 0 Å². The van der Waals surface area contributed by atoms with Gasteiger partial charge >= 0.3 is 5.97 Å². The Labute approximate surface area is 111 Å². The Hall–Kier alpha value is -1.30. The van der Waals surface area contributed by atoms with Crippen LogP contribution in [0.25, 0.3) is 0 Å². The molecule has 98 valence electrons. The highest BCUT2D eigenvalue weighted by Gasteiger charge is 2.16. The zero-order valence-corrected chi connectivity index (χ0v) is 11.2. The fourth-order valence-corrected chi connectivity index (χ4v) is 1.86. The van der Waals surface area contributed by atoms with Crippen LogP contribution in [0, 0.1) is 11.6 Å². The monoisotopic (exact) mass is 320 g/mol. The summed E-state index contributed by atoms with van der Waals surface area (Å²) >= 11 is 2.98. The number of hydrogen-bond acceptors (Lipinski definition) is 3. The van der Waals surface area contributed by atoms with Crippen molar-refractivity contribution in [3.05, 3.63) is 33.8 Å². The molecule has 0 heterocycles. The second-order valence-electron chi connectivity index (χ2n) is 3.47. The van der Waals surface area contributed by atoms with Crippen molar-refractivity contribution >= 4 is 27.7 Å². The Morgan fingerprint density at radius 2 is 1.83 bits per heavy atom. The molecule has 0 fully saturated rings. The number of carbonyl (C=O) groups is 2. The number of hydrogen-bond donors (Lipinski definition) is 0. The molecule has 1 rings (SSSR count). The summed E-state index contributed by atoms with van der Waals surface area (Å²) in [7, 11) is 0. The summed E-state index contributed by atoms with van der Waals surface area (Å²) < 4.78 is 30.7. The van der Waals surface area contributed by atoms with E-state index in [2.05, 4.69) is 20.7 Å². The Balaban J connectivity index is 2.73. The van der Waals surface area contributed by atoms with Gasteiger partial charge in [0, 0.05) is 16.5 Å². The number of benzene rings is 1. The Kier molecular flexibility index (Phi) is 5.40. The highest BCUT2D eigenvalue weighted by atomic mass is 79.9. The molecule has 0 radical (unpaired) electrons. The molecule has 1 aromatic carbocycles. The van der Waals surface area contributed by atoms with Gasteiger partial charge in [0.2, 0.25) is 0 Å². The molecule has 0 saturated heterocycles. The lowest BCUT2D eigenvalue weighted by Crippen LogP contribution is -2.09. The molecule has 0 aliphatic carbocycles. The normalized spacial score (nSPS) is 10.2. The Morgan fingerprint density at radius 3 is 2.44 bits per heavy atom. The summed E-state index contributed by atoms with van der Waals surface area (Å²) in [6.45, 7) is 1.90. The van der Waals surface area contributed by atoms with E-state index in [1.54, 1.807) is 6.92 Å². The highest BCUT2D eigenvalue weighted by Crippen LogP contribution is 2.22. The fourth-order valence-electron chi connectivity index (χ4n) is 1.32. The van der Waals surface area contributed by atoms with Gasteiger partial charge in [0.1, 0.15) is 0 Å². The summed E-state index contributed by atoms with van der Waals surface area (Å²) in [5.41, 5.74) is 0.0122. The van der Waals surface area contributed by atoms with Crippen LogP contribution in [0.3, 0.4) is 0 Å². The van der Waals surface area contributed by atoms with Gasteiger partial charge < -0.3 is 4.74 Å². The average Bonchev–Trinajstić information content (AvgIpc) is 2.31. The summed E-state index contributed by atoms with van der Waals surface area (Å²) in [6, 6.07) is 1.69.